The Morgan fingerprint density at radius 3 is 2.29 bits per heavy atom. The van der Waals surface area contributed by atoms with E-state index in [2.05, 4.69) is 20.8 Å². The van der Waals surface area contributed by atoms with Gasteiger partial charge in [-0.25, -0.2) is 0 Å². The van der Waals surface area contributed by atoms with E-state index in [0.29, 0.717) is 18.7 Å². The molecule has 1 atom stereocenters. The van der Waals surface area contributed by atoms with Gasteiger partial charge in [0.15, 0.2) is 0 Å². The first-order valence-electron chi connectivity index (χ1n) is 12.2. The number of amides is 1. The maximum absolute atomic E-state index is 13.2. The minimum Gasteiger partial charge on any atom is -0.507 e. The van der Waals surface area contributed by atoms with Crippen LogP contribution in [-0.4, -0.2) is 60.4 Å². The number of carbonyl (C=O) groups excluding carboxylic acids is 2. The topological polar surface area (TPSA) is 70.1 Å². The summed E-state index contributed by atoms with van der Waals surface area (Å²) in [7, 11) is 3.95. The fourth-order valence-electron chi connectivity index (χ4n) is 4.45. The summed E-state index contributed by atoms with van der Waals surface area (Å²) >= 11 is 0. The normalized spacial score (nSPS) is 17.9. The van der Waals surface area contributed by atoms with E-state index in [4.69, 9.17) is 4.74 Å². The lowest BCUT2D eigenvalue weighted by molar-refractivity contribution is -0.139. The summed E-state index contributed by atoms with van der Waals surface area (Å²) in [4.78, 5) is 30.0. The van der Waals surface area contributed by atoms with Crippen LogP contribution in [0, 0.1) is 6.92 Å². The van der Waals surface area contributed by atoms with Crippen LogP contribution in [0.2, 0.25) is 0 Å². The third-order valence-electron chi connectivity index (χ3n) is 6.38. The molecule has 35 heavy (non-hydrogen) atoms. The zero-order valence-corrected chi connectivity index (χ0v) is 22.0. The third kappa shape index (κ3) is 5.76. The molecule has 0 bridgehead atoms. The van der Waals surface area contributed by atoms with Gasteiger partial charge in [-0.05, 0) is 81.2 Å². The molecule has 0 aliphatic carbocycles. The van der Waals surface area contributed by atoms with Crippen LogP contribution in [0.1, 0.15) is 62.4 Å². The minimum absolute atomic E-state index is 0.0219. The minimum atomic E-state index is -0.649. The molecule has 2 aromatic rings. The van der Waals surface area contributed by atoms with Crippen molar-refractivity contribution in [1.29, 1.82) is 0 Å². The van der Waals surface area contributed by atoms with Crippen LogP contribution in [0.25, 0.3) is 5.76 Å². The summed E-state index contributed by atoms with van der Waals surface area (Å²) in [5.74, 6) is -0.654. The molecule has 1 unspecified atom stereocenters. The van der Waals surface area contributed by atoms with Gasteiger partial charge in [-0.15, -0.1) is 0 Å². The molecule has 1 saturated heterocycles. The summed E-state index contributed by atoms with van der Waals surface area (Å²) in [5.41, 5.74) is 3.42. The van der Waals surface area contributed by atoms with Gasteiger partial charge in [0.25, 0.3) is 11.7 Å². The molecule has 6 nitrogen and oxygen atoms in total. The van der Waals surface area contributed by atoms with Gasteiger partial charge in [0.1, 0.15) is 11.5 Å². The highest BCUT2D eigenvalue weighted by Gasteiger charge is 2.45. The van der Waals surface area contributed by atoms with Crippen LogP contribution in [0.15, 0.2) is 48.0 Å². The monoisotopic (exact) mass is 478 g/mol. The summed E-state index contributed by atoms with van der Waals surface area (Å²) < 4.78 is 5.61. The summed E-state index contributed by atoms with van der Waals surface area (Å²) in [6.45, 7) is 12.0. The number of likely N-dealkylation sites (tertiary alicyclic amines) is 1. The van der Waals surface area contributed by atoms with Crippen molar-refractivity contribution in [3.05, 3.63) is 70.3 Å². The molecule has 1 N–H and O–H groups in total. The molecule has 6 heteroatoms. The molecule has 1 amide bonds. The SMILES string of the molecule is CCOc1ccc(/C(O)=C2\C(=O)C(=O)N(CCCN(C)C)C2c2ccc(C(C)(C)C)cc2)cc1C. The number of aryl methyl sites for hydroxylation is 1. The average Bonchev–Trinajstić information content (AvgIpc) is 3.04. The number of Topliss-reactive ketones (excluding diaryl/α,β-unsaturated/α-hetero) is 1. The molecule has 1 fully saturated rings. The summed E-state index contributed by atoms with van der Waals surface area (Å²) in [5, 5.41) is 11.3. The highest BCUT2D eigenvalue weighted by molar-refractivity contribution is 6.46. The second-order valence-corrected chi connectivity index (χ2v) is 10.4. The number of hydrogen-bond acceptors (Lipinski definition) is 5. The van der Waals surface area contributed by atoms with E-state index in [-0.39, 0.29) is 16.7 Å². The molecule has 0 saturated carbocycles. The molecular weight excluding hydrogens is 440 g/mol. The molecule has 0 radical (unpaired) electrons. The lowest BCUT2D eigenvalue weighted by atomic mass is 9.85. The smallest absolute Gasteiger partial charge is 0.295 e. The molecular formula is C29H38N2O4. The van der Waals surface area contributed by atoms with E-state index in [1.807, 2.05) is 57.1 Å². The number of aliphatic hydroxyl groups is 1. The lowest BCUT2D eigenvalue weighted by Crippen LogP contribution is -2.32. The largest absolute Gasteiger partial charge is 0.507 e. The van der Waals surface area contributed by atoms with Crippen molar-refractivity contribution < 1.29 is 19.4 Å². The second-order valence-electron chi connectivity index (χ2n) is 10.4. The van der Waals surface area contributed by atoms with Gasteiger partial charge >= 0.3 is 0 Å². The standard InChI is InChI=1S/C29H38N2O4/c1-8-35-23-15-12-21(18-19(23)2)26(32)24-25(20-10-13-22(14-11-20)29(3,4)5)31(28(34)27(24)33)17-9-16-30(6)7/h10-15,18,25,32H,8-9,16-17H2,1-7H3/b26-24+. The van der Waals surface area contributed by atoms with Gasteiger partial charge in [-0.2, -0.15) is 0 Å². The van der Waals surface area contributed by atoms with E-state index < -0.39 is 17.7 Å². The van der Waals surface area contributed by atoms with Crippen molar-refractivity contribution in [1.82, 2.24) is 9.80 Å². The molecule has 3 rings (SSSR count). The number of hydrogen-bond donors (Lipinski definition) is 1. The van der Waals surface area contributed by atoms with Gasteiger partial charge in [0.2, 0.25) is 0 Å². The maximum atomic E-state index is 13.2. The Labute approximate surface area is 209 Å². The van der Waals surface area contributed by atoms with Crippen LogP contribution in [0.4, 0.5) is 0 Å². The number of aliphatic hydroxyl groups excluding tert-OH is 1. The zero-order valence-electron chi connectivity index (χ0n) is 22.0. The highest BCUT2D eigenvalue weighted by atomic mass is 16.5. The Morgan fingerprint density at radius 2 is 1.74 bits per heavy atom. The van der Waals surface area contributed by atoms with Crippen LogP contribution >= 0.6 is 0 Å². The van der Waals surface area contributed by atoms with E-state index in [1.54, 1.807) is 23.1 Å². The number of ketones is 1. The first-order valence-corrected chi connectivity index (χ1v) is 12.2. The Morgan fingerprint density at radius 1 is 1.09 bits per heavy atom. The molecule has 1 heterocycles. The van der Waals surface area contributed by atoms with Crippen molar-refractivity contribution in [2.75, 3.05) is 33.8 Å². The fraction of sp³-hybridized carbons (Fsp3) is 0.448. The van der Waals surface area contributed by atoms with E-state index in [0.717, 1.165) is 35.4 Å². The van der Waals surface area contributed by atoms with Crippen molar-refractivity contribution >= 4 is 17.4 Å². The van der Waals surface area contributed by atoms with Crippen LogP contribution in [0.5, 0.6) is 5.75 Å². The number of ether oxygens (including phenoxy) is 1. The Balaban J connectivity index is 2.10. The van der Waals surface area contributed by atoms with E-state index in [1.165, 1.54) is 0 Å². The molecule has 1 aliphatic rings. The number of rotatable bonds is 8. The predicted octanol–water partition coefficient (Wildman–Crippen LogP) is 5.06. The van der Waals surface area contributed by atoms with Crippen molar-refractivity contribution in [2.24, 2.45) is 0 Å². The van der Waals surface area contributed by atoms with Crippen LogP contribution in [0.3, 0.4) is 0 Å². The Bertz CT molecular complexity index is 1110. The highest BCUT2D eigenvalue weighted by Crippen LogP contribution is 2.40. The van der Waals surface area contributed by atoms with Crippen molar-refractivity contribution in [2.45, 2.75) is 52.5 Å². The first kappa shape index (κ1) is 26.5. The molecule has 2 aromatic carbocycles. The Hall–Kier alpha value is -3.12. The maximum Gasteiger partial charge on any atom is 0.295 e. The predicted molar refractivity (Wildman–Crippen MR) is 140 cm³/mol. The van der Waals surface area contributed by atoms with Crippen molar-refractivity contribution in [3.63, 3.8) is 0 Å². The lowest BCUT2D eigenvalue weighted by Gasteiger charge is -2.27. The summed E-state index contributed by atoms with van der Waals surface area (Å²) in [6, 6.07) is 12.7. The molecule has 1 aliphatic heterocycles. The number of nitrogens with zero attached hydrogens (tertiary/aromatic N) is 2. The molecule has 188 valence electrons. The average molecular weight is 479 g/mol. The fourth-order valence-corrected chi connectivity index (χ4v) is 4.45. The second kappa shape index (κ2) is 10.6. The van der Waals surface area contributed by atoms with Gasteiger partial charge in [-0.1, -0.05) is 45.0 Å². The van der Waals surface area contributed by atoms with Gasteiger partial charge in [-0.3, -0.25) is 9.59 Å². The van der Waals surface area contributed by atoms with E-state index >= 15 is 0 Å². The summed E-state index contributed by atoms with van der Waals surface area (Å²) in [6.07, 6.45) is 0.721. The third-order valence-corrected chi connectivity index (χ3v) is 6.38. The number of benzene rings is 2. The van der Waals surface area contributed by atoms with Gasteiger partial charge in [0.05, 0.1) is 18.2 Å². The van der Waals surface area contributed by atoms with Crippen molar-refractivity contribution in [3.8, 4) is 5.75 Å². The number of carbonyl (C=O) groups is 2. The first-order chi connectivity index (χ1) is 16.5. The van der Waals surface area contributed by atoms with Gasteiger partial charge < -0.3 is 19.6 Å². The zero-order chi connectivity index (χ0) is 25.9. The van der Waals surface area contributed by atoms with Gasteiger partial charge in [0, 0.05) is 12.1 Å². The Kier molecular flexibility index (Phi) is 8.06. The van der Waals surface area contributed by atoms with Crippen LogP contribution < -0.4 is 4.74 Å². The van der Waals surface area contributed by atoms with E-state index in [9.17, 15) is 14.7 Å². The molecule has 0 spiro atoms. The van der Waals surface area contributed by atoms with Crippen LogP contribution in [-0.2, 0) is 15.0 Å². The molecule has 0 aromatic heterocycles. The quantitative estimate of drug-likeness (QED) is 0.326.